The molecule has 0 aliphatic heterocycles. The minimum absolute atomic E-state index is 0.0457. The van der Waals surface area contributed by atoms with Crippen molar-refractivity contribution in [3.05, 3.63) is 30.3 Å². The van der Waals surface area contributed by atoms with Gasteiger partial charge in [-0.05, 0) is 42.3 Å². The van der Waals surface area contributed by atoms with E-state index in [0.717, 1.165) is 23.7 Å². The molecule has 1 amide bonds. The summed E-state index contributed by atoms with van der Waals surface area (Å²) in [5, 5.41) is 12.6. The number of aromatic nitrogens is 4. The molecule has 0 spiro atoms. The van der Waals surface area contributed by atoms with Gasteiger partial charge in [0, 0.05) is 12.7 Å². The molecule has 1 fully saturated rings. The predicted molar refractivity (Wildman–Crippen MR) is 95.1 cm³/mol. The van der Waals surface area contributed by atoms with Crippen LogP contribution in [0.4, 0.5) is 5.69 Å². The van der Waals surface area contributed by atoms with E-state index in [1.807, 2.05) is 41.9 Å². The van der Waals surface area contributed by atoms with Crippen LogP contribution in [0.15, 0.2) is 35.5 Å². The van der Waals surface area contributed by atoms with Crippen molar-refractivity contribution in [2.24, 2.45) is 0 Å². The first-order valence-corrected chi connectivity index (χ1v) is 9.32. The van der Waals surface area contributed by atoms with Crippen LogP contribution in [0.2, 0.25) is 0 Å². The van der Waals surface area contributed by atoms with Gasteiger partial charge in [0.05, 0.1) is 11.3 Å². The number of thioether (sulfide) groups is 1. The highest BCUT2D eigenvalue weighted by Gasteiger charge is 2.25. The molecule has 128 valence electrons. The number of benzene rings is 1. The summed E-state index contributed by atoms with van der Waals surface area (Å²) in [4.78, 5) is 14.4. The average Bonchev–Trinajstić information content (AvgIpc) is 3.10. The molecule has 24 heavy (non-hydrogen) atoms. The van der Waals surface area contributed by atoms with E-state index in [2.05, 4.69) is 15.5 Å². The molecule has 1 aromatic heterocycles. The Morgan fingerprint density at radius 1 is 1.25 bits per heavy atom. The summed E-state index contributed by atoms with van der Waals surface area (Å²) in [6.45, 7) is 1.91. The Balaban J connectivity index is 1.67. The predicted octanol–water partition coefficient (Wildman–Crippen LogP) is 3.32. The van der Waals surface area contributed by atoms with Gasteiger partial charge in [-0.15, -0.1) is 5.10 Å². The van der Waals surface area contributed by atoms with Gasteiger partial charge in [0.1, 0.15) is 0 Å². The van der Waals surface area contributed by atoms with Crippen LogP contribution in [0.25, 0.3) is 0 Å². The molecule has 1 heterocycles. The third-order valence-corrected chi connectivity index (χ3v) is 5.52. The monoisotopic (exact) mass is 345 g/mol. The van der Waals surface area contributed by atoms with Gasteiger partial charge in [0.2, 0.25) is 11.1 Å². The van der Waals surface area contributed by atoms with Gasteiger partial charge in [0.25, 0.3) is 0 Å². The topological polar surface area (TPSA) is 63.9 Å². The number of carbonyl (C=O) groups excluding carboxylic acids is 1. The van der Waals surface area contributed by atoms with Crippen LogP contribution in [0.5, 0.6) is 0 Å². The normalized spacial score (nSPS) is 16.8. The molecular formula is C17H23N5OS. The summed E-state index contributed by atoms with van der Waals surface area (Å²) < 4.78 is 1.91. The Kier molecular flexibility index (Phi) is 5.50. The van der Waals surface area contributed by atoms with Gasteiger partial charge >= 0.3 is 0 Å². The van der Waals surface area contributed by atoms with Crippen molar-refractivity contribution < 1.29 is 4.79 Å². The summed E-state index contributed by atoms with van der Waals surface area (Å²) in [6, 6.07) is 10.0. The van der Waals surface area contributed by atoms with Crippen molar-refractivity contribution in [2.45, 2.75) is 55.5 Å². The van der Waals surface area contributed by atoms with E-state index in [1.165, 1.54) is 31.0 Å². The number of tetrazole rings is 1. The van der Waals surface area contributed by atoms with Crippen molar-refractivity contribution in [2.75, 3.05) is 11.9 Å². The maximum Gasteiger partial charge on any atom is 0.240 e. The lowest BCUT2D eigenvalue weighted by Crippen LogP contribution is -2.33. The zero-order chi connectivity index (χ0) is 16.9. The summed E-state index contributed by atoms with van der Waals surface area (Å²) in [5.74, 6) is 0.0457. The second kappa shape index (κ2) is 7.79. The van der Waals surface area contributed by atoms with Gasteiger partial charge < -0.3 is 4.90 Å². The van der Waals surface area contributed by atoms with E-state index in [-0.39, 0.29) is 11.2 Å². The van der Waals surface area contributed by atoms with Crippen LogP contribution in [-0.2, 0) is 4.79 Å². The molecule has 1 aliphatic carbocycles. The van der Waals surface area contributed by atoms with Crippen LogP contribution in [-0.4, -0.2) is 38.4 Å². The largest absolute Gasteiger partial charge is 0.315 e. The highest BCUT2D eigenvalue weighted by Crippen LogP contribution is 2.32. The van der Waals surface area contributed by atoms with Crippen LogP contribution >= 0.6 is 11.8 Å². The lowest BCUT2D eigenvalue weighted by atomic mass is 9.96. The first-order chi connectivity index (χ1) is 11.7. The van der Waals surface area contributed by atoms with E-state index in [4.69, 9.17) is 0 Å². The number of hydrogen-bond acceptors (Lipinski definition) is 5. The van der Waals surface area contributed by atoms with E-state index in [1.54, 1.807) is 11.9 Å². The Hall–Kier alpha value is -1.89. The lowest BCUT2D eigenvalue weighted by molar-refractivity contribution is -0.117. The maximum atomic E-state index is 12.7. The molecule has 1 atom stereocenters. The van der Waals surface area contributed by atoms with Gasteiger partial charge in [-0.25, -0.2) is 4.68 Å². The molecule has 0 bridgehead atoms. The number of anilines is 1. The minimum Gasteiger partial charge on any atom is -0.315 e. The summed E-state index contributed by atoms with van der Waals surface area (Å²) in [5.41, 5.74) is 0.891. The molecule has 1 aromatic carbocycles. The highest BCUT2D eigenvalue weighted by molar-refractivity contribution is 8.00. The van der Waals surface area contributed by atoms with E-state index < -0.39 is 0 Å². The standard InChI is InChI=1S/C17H23N5OS/c1-13(16(23)21(2)14-9-5-3-6-10-14)24-17-18-19-20-22(17)15-11-7-4-8-12-15/h3,5-6,9-10,13,15H,4,7-8,11-12H2,1-2H3. The Morgan fingerprint density at radius 2 is 1.96 bits per heavy atom. The number of carbonyl (C=O) groups is 1. The highest BCUT2D eigenvalue weighted by atomic mass is 32.2. The van der Waals surface area contributed by atoms with E-state index in [0.29, 0.717) is 6.04 Å². The maximum absolute atomic E-state index is 12.7. The van der Waals surface area contributed by atoms with Crippen LogP contribution in [0.3, 0.4) is 0 Å². The first kappa shape index (κ1) is 17.0. The Labute approximate surface area is 146 Å². The number of hydrogen-bond donors (Lipinski definition) is 0. The fourth-order valence-electron chi connectivity index (χ4n) is 3.08. The molecule has 1 aliphatic rings. The number of rotatable bonds is 5. The molecule has 7 heteroatoms. The SMILES string of the molecule is CC(Sc1nnnn1C1CCCCC1)C(=O)N(C)c1ccccc1. The number of para-hydroxylation sites is 1. The quantitative estimate of drug-likeness (QED) is 0.778. The van der Waals surface area contributed by atoms with Gasteiger partial charge in [0.15, 0.2) is 0 Å². The molecule has 0 saturated heterocycles. The third kappa shape index (κ3) is 3.77. The molecule has 6 nitrogen and oxygen atoms in total. The molecule has 3 rings (SSSR count). The molecule has 2 aromatic rings. The Bertz CT molecular complexity index is 669. The molecule has 1 unspecified atom stereocenters. The summed E-state index contributed by atoms with van der Waals surface area (Å²) in [6.07, 6.45) is 5.97. The third-order valence-electron chi connectivity index (χ3n) is 4.49. The van der Waals surface area contributed by atoms with Crippen molar-refractivity contribution in [3.63, 3.8) is 0 Å². The molecule has 0 N–H and O–H groups in total. The fraction of sp³-hybridized carbons (Fsp3) is 0.529. The minimum atomic E-state index is -0.247. The average molecular weight is 345 g/mol. The summed E-state index contributed by atoms with van der Waals surface area (Å²) in [7, 11) is 1.80. The van der Waals surface area contributed by atoms with Crippen molar-refractivity contribution >= 4 is 23.4 Å². The van der Waals surface area contributed by atoms with Crippen molar-refractivity contribution in [1.29, 1.82) is 0 Å². The van der Waals surface area contributed by atoms with E-state index >= 15 is 0 Å². The van der Waals surface area contributed by atoms with Gasteiger partial charge in [-0.2, -0.15) is 0 Å². The van der Waals surface area contributed by atoms with Crippen LogP contribution in [0.1, 0.15) is 45.1 Å². The second-order valence-corrected chi connectivity index (χ2v) is 7.50. The lowest BCUT2D eigenvalue weighted by Gasteiger charge is -2.24. The van der Waals surface area contributed by atoms with Gasteiger partial charge in [-0.1, -0.05) is 49.2 Å². The van der Waals surface area contributed by atoms with Crippen LogP contribution in [0, 0.1) is 0 Å². The Morgan fingerprint density at radius 3 is 2.67 bits per heavy atom. The smallest absolute Gasteiger partial charge is 0.240 e. The summed E-state index contributed by atoms with van der Waals surface area (Å²) >= 11 is 1.44. The zero-order valence-electron chi connectivity index (χ0n) is 14.1. The second-order valence-electron chi connectivity index (χ2n) is 6.19. The molecular weight excluding hydrogens is 322 g/mol. The van der Waals surface area contributed by atoms with E-state index in [9.17, 15) is 4.79 Å². The van der Waals surface area contributed by atoms with Crippen molar-refractivity contribution in [3.8, 4) is 0 Å². The molecule has 0 radical (unpaired) electrons. The van der Waals surface area contributed by atoms with Gasteiger partial charge in [-0.3, -0.25) is 4.79 Å². The fourth-order valence-corrected chi connectivity index (χ4v) is 4.03. The number of amides is 1. The number of nitrogens with zero attached hydrogens (tertiary/aromatic N) is 5. The first-order valence-electron chi connectivity index (χ1n) is 8.44. The zero-order valence-corrected chi connectivity index (χ0v) is 14.9. The van der Waals surface area contributed by atoms with Crippen molar-refractivity contribution in [1.82, 2.24) is 20.2 Å². The van der Waals surface area contributed by atoms with Crippen LogP contribution < -0.4 is 4.90 Å². The molecule has 1 saturated carbocycles.